The predicted molar refractivity (Wildman–Crippen MR) is 125 cm³/mol. The summed E-state index contributed by atoms with van der Waals surface area (Å²) >= 11 is 6.49. The predicted octanol–water partition coefficient (Wildman–Crippen LogP) is 4.99. The van der Waals surface area contributed by atoms with Crippen molar-refractivity contribution in [2.75, 3.05) is 27.4 Å². The second-order valence-electron chi connectivity index (χ2n) is 6.94. The molecule has 0 spiro atoms. The van der Waals surface area contributed by atoms with Gasteiger partial charge in [0.2, 0.25) is 0 Å². The Kier molecular flexibility index (Phi) is 7.39. The molecule has 0 N–H and O–H groups in total. The summed E-state index contributed by atoms with van der Waals surface area (Å²) in [6.07, 6.45) is 2.51. The number of carbonyl (C=O) groups excluding carboxylic acids is 1. The van der Waals surface area contributed by atoms with Gasteiger partial charge in [-0.25, -0.2) is 0 Å². The summed E-state index contributed by atoms with van der Waals surface area (Å²) in [5.41, 5.74) is 3.06. The third kappa shape index (κ3) is 5.15. The fraction of sp³-hybridized carbons (Fsp3) is 0.304. The van der Waals surface area contributed by atoms with Gasteiger partial charge in [-0.1, -0.05) is 48.2 Å². The van der Waals surface area contributed by atoms with Gasteiger partial charge in [-0.2, -0.15) is 0 Å². The molecule has 0 aromatic heterocycles. The molecule has 1 amide bonds. The second-order valence-corrected chi connectivity index (χ2v) is 8.61. The van der Waals surface area contributed by atoms with E-state index in [1.807, 2.05) is 38.1 Å². The van der Waals surface area contributed by atoms with Gasteiger partial charge in [0.1, 0.15) is 10.1 Å². The first-order valence-electron chi connectivity index (χ1n) is 9.62. The molecule has 0 unspecified atom stereocenters. The van der Waals surface area contributed by atoms with Gasteiger partial charge in [-0.3, -0.25) is 9.69 Å². The number of hydrogen-bond acceptors (Lipinski definition) is 6. The van der Waals surface area contributed by atoms with Crippen molar-refractivity contribution < 1.29 is 19.0 Å². The molecule has 5 nitrogen and oxygen atoms in total. The van der Waals surface area contributed by atoms with Crippen molar-refractivity contribution in [3.05, 3.63) is 58.0 Å². The highest BCUT2D eigenvalue weighted by atomic mass is 32.2. The van der Waals surface area contributed by atoms with E-state index >= 15 is 0 Å². The highest BCUT2D eigenvalue weighted by Crippen LogP contribution is 2.37. The number of benzene rings is 2. The van der Waals surface area contributed by atoms with E-state index in [-0.39, 0.29) is 5.91 Å². The van der Waals surface area contributed by atoms with E-state index in [4.69, 9.17) is 26.4 Å². The summed E-state index contributed by atoms with van der Waals surface area (Å²) in [6, 6.07) is 11.8. The molecular weight excluding hydrogens is 418 g/mol. The van der Waals surface area contributed by atoms with Gasteiger partial charge in [-0.15, -0.1) is 0 Å². The Balaban J connectivity index is 1.66. The summed E-state index contributed by atoms with van der Waals surface area (Å²) in [6.45, 7) is 5.08. The molecule has 0 saturated carbocycles. The summed E-state index contributed by atoms with van der Waals surface area (Å²) in [7, 11) is 3.28. The number of carbonyl (C=O) groups is 1. The largest absolute Gasteiger partial charge is 0.493 e. The number of rotatable bonds is 8. The van der Waals surface area contributed by atoms with Crippen molar-refractivity contribution in [2.24, 2.45) is 0 Å². The maximum Gasteiger partial charge on any atom is 0.265 e. The Morgan fingerprint density at radius 3 is 2.57 bits per heavy atom. The number of ether oxygens (including phenoxy) is 3. The molecule has 3 rings (SSSR count). The lowest BCUT2D eigenvalue weighted by Crippen LogP contribution is -2.22. The topological polar surface area (TPSA) is 48.0 Å². The van der Waals surface area contributed by atoms with E-state index in [1.165, 1.54) is 22.2 Å². The number of aryl methyl sites for hydroxylation is 2. The van der Waals surface area contributed by atoms with E-state index in [0.29, 0.717) is 40.4 Å². The molecule has 2 aromatic carbocycles. The van der Waals surface area contributed by atoms with Gasteiger partial charge in [0, 0.05) is 19.0 Å². The maximum absolute atomic E-state index is 12.3. The monoisotopic (exact) mass is 443 g/mol. The zero-order chi connectivity index (χ0) is 21.7. The number of likely N-dealkylation sites (N-methyl/N-ethyl adjacent to an activating group) is 1. The van der Waals surface area contributed by atoms with Crippen LogP contribution in [0.25, 0.3) is 6.08 Å². The fourth-order valence-electron chi connectivity index (χ4n) is 2.93. The summed E-state index contributed by atoms with van der Waals surface area (Å²) < 4.78 is 17.9. The first-order valence-corrected chi connectivity index (χ1v) is 10.8. The van der Waals surface area contributed by atoms with Crippen LogP contribution in [-0.2, 0) is 4.79 Å². The molecule has 1 saturated heterocycles. The summed E-state index contributed by atoms with van der Waals surface area (Å²) in [5, 5.41) is 0. The number of hydrogen-bond donors (Lipinski definition) is 0. The number of para-hydroxylation sites is 1. The fourth-order valence-corrected chi connectivity index (χ4v) is 4.10. The zero-order valence-corrected chi connectivity index (χ0v) is 19.2. The minimum Gasteiger partial charge on any atom is -0.493 e. The van der Waals surface area contributed by atoms with Gasteiger partial charge in [-0.05, 0) is 43.2 Å². The van der Waals surface area contributed by atoms with Crippen molar-refractivity contribution in [1.82, 2.24) is 4.90 Å². The van der Waals surface area contributed by atoms with Gasteiger partial charge in [0.05, 0.1) is 25.2 Å². The number of amides is 1. The zero-order valence-electron chi connectivity index (χ0n) is 17.6. The number of thioether (sulfide) groups is 1. The number of methoxy groups -OCH3 is 1. The van der Waals surface area contributed by atoms with Crippen LogP contribution < -0.4 is 14.2 Å². The lowest BCUT2D eigenvalue weighted by atomic mass is 10.1. The van der Waals surface area contributed by atoms with Crippen LogP contribution in [0.2, 0.25) is 0 Å². The minimum absolute atomic E-state index is 0.110. The molecule has 0 aliphatic carbocycles. The highest BCUT2D eigenvalue weighted by Gasteiger charge is 2.29. The van der Waals surface area contributed by atoms with Crippen LogP contribution in [0.15, 0.2) is 41.3 Å². The average Bonchev–Trinajstić information content (AvgIpc) is 2.97. The Morgan fingerprint density at radius 2 is 1.87 bits per heavy atom. The first-order chi connectivity index (χ1) is 14.4. The SMILES string of the molecule is COc1cccc(/C=C2\SC(=S)N(C)C2=O)c1OCCCOc1cc(C)ccc1C. The van der Waals surface area contributed by atoms with Crippen LogP contribution in [-0.4, -0.2) is 42.5 Å². The Bertz CT molecular complexity index is 987. The normalized spacial score (nSPS) is 15.1. The Labute approximate surface area is 187 Å². The van der Waals surface area contributed by atoms with E-state index in [1.54, 1.807) is 20.2 Å². The molecule has 2 aromatic rings. The molecule has 1 heterocycles. The van der Waals surface area contributed by atoms with Crippen molar-refractivity contribution >= 4 is 40.3 Å². The van der Waals surface area contributed by atoms with E-state index in [0.717, 1.165) is 16.9 Å². The van der Waals surface area contributed by atoms with Crippen LogP contribution in [0.3, 0.4) is 0 Å². The van der Waals surface area contributed by atoms with Crippen LogP contribution in [0.1, 0.15) is 23.1 Å². The second kappa shape index (κ2) is 10.00. The first kappa shape index (κ1) is 22.2. The van der Waals surface area contributed by atoms with E-state index in [9.17, 15) is 4.79 Å². The highest BCUT2D eigenvalue weighted by molar-refractivity contribution is 8.26. The third-order valence-corrected chi connectivity index (χ3v) is 6.12. The summed E-state index contributed by atoms with van der Waals surface area (Å²) in [5.74, 6) is 2.01. The molecule has 0 radical (unpaired) electrons. The molecular formula is C23H25NO4S2. The van der Waals surface area contributed by atoms with Crippen molar-refractivity contribution in [1.29, 1.82) is 0 Å². The lowest BCUT2D eigenvalue weighted by Gasteiger charge is -2.14. The number of nitrogens with zero attached hydrogens (tertiary/aromatic N) is 1. The Hall–Kier alpha value is -2.51. The van der Waals surface area contributed by atoms with Crippen LogP contribution in [0.4, 0.5) is 0 Å². The van der Waals surface area contributed by atoms with Crippen LogP contribution in [0, 0.1) is 13.8 Å². The quantitative estimate of drug-likeness (QED) is 0.325. The van der Waals surface area contributed by atoms with Crippen LogP contribution in [0.5, 0.6) is 17.2 Å². The van der Waals surface area contributed by atoms with Gasteiger partial charge < -0.3 is 14.2 Å². The number of thiocarbonyl (C=S) groups is 1. The molecule has 1 aliphatic heterocycles. The molecule has 0 bridgehead atoms. The van der Waals surface area contributed by atoms with E-state index < -0.39 is 0 Å². The molecule has 158 valence electrons. The maximum atomic E-state index is 12.3. The standard InChI is InChI=1S/C23H25NO4S2/c1-15-9-10-16(2)19(13-15)27-11-6-12-28-21-17(7-5-8-18(21)26-4)14-20-22(25)24(3)23(29)30-20/h5,7-10,13-14H,6,11-12H2,1-4H3/b20-14-. The van der Waals surface area contributed by atoms with Gasteiger partial charge >= 0.3 is 0 Å². The van der Waals surface area contributed by atoms with Crippen molar-refractivity contribution in [3.8, 4) is 17.2 Å². The van der Waals surface area contributed by atoms with Gasteiger partial charge in [0.25, 0.3) is 5.91 Å². The van der Waals surface area contributed by atoms with Crippen molar-refractivity contribution in [2.45, 2.75) is 20.3 Å². The smallest absolute Gasteiger partial charge is 0.265 e. The average molecular weight is 444 g/mol. The molecule has 1 aliphatic rings. The summed E-state index contributed by atoms with van der Waals surface area (Å²) in [4.78, 5) is 14.4. The lowest BCUT2D eigenvalue weighted by molar-refractivity contribution is -0.121. The van der Waals surface area contributed by atoms with Crippen molar-refractivity contribution in [3.63, 3.8) is 0 Å². The molecule has 1 fully saturated rings. The minimum atomic E-state index is -0.110. The molecule has 0 atom stereocenters. The third-order valence-electron chi connectivity index (χ3n) is 4.64. The molecule has 7 heteroatoms. The Morgan fingerprint density at radius 1 is 1.10 bits per heavy atom. The molecule has 30 heavy (non-hydrogen) atoms. The van der Waals surface area contributed by atoms with Gasteiger partial charge in [0.15, 0.2) is 11.5 Å². The van der Waals surface area contributed by atoms with Crippen LogP contribution >= 0.6 is 24.0 Å². The van der Waals surface area contributed by atoms with E-state index in [2.05, 4.69) is 12.1 Å².